The second kappa shape index (κ2) is 11.5. The average molecular weight is 501 g/mol. The van der Waals surface area contributed by atoms with Gasteiger partial charge in [0, 0.05) is 38.9 Å². The highest BCUT2D eigenvalue weighted by Gasteiger charge is 2.54. The van der Waals surface area contributed by atoms with Gasteiger partial charge in [-0.3, -0.25) is 9.69 Å². The summed E-state index contributed by atoms with van der Waals surface area (Å²) in [5.41, 5.74) is 1.02. The Hall–Kier alpha value is -2.16. The highest BCUT2D eigenvalue weighted by molar-refractivity contribution is 5.86. The Balaban J connectivity index is 1.45. The molecule has 3 fully saturated rings. The summed E-state index contributed by atoms with van der Waals surface area (Å²) >= 11 is 0. The summed E-state index contributed by atoms with van der Waals surface area (Å²) in [5.74, 6) is 0.215. The summed E-state index contributed by atoms with van der Waals surface area (Å²) in [4.78, 5) is 32.5. The van der Waals surface area contributed by atoms with Gasteiger partial charge in [0.1, 0.15) is 6.54 Å². The van der Waals surface area contributed by atoms with Crippen molar-refractivity contribution in [3.63, 3.8) is 0 Å². The maximum atomic E-state index is 13.6. The van der Waals surface area contributed by atoms with E-state index in [1.54, 1.807) is 12.0 Å². The van der Waals surface area contributed by atoms with E-state index in [9.17, 15) is 14.7 Å². The number of nitrogens with zero attached hydrogens (tertiary/aromatic N) is 3. The van der Waals surface area contributed by atoms with Crippen LogP contribution in [-0.4, -0.2) is 97.4 Å². The first-order chi connectivity index (χ1) is 17.3. The van der Waals surface area contributed by atoms with Gasteiger partial charge in [-0.25, -0.2) is 4.79 Å². The van der Waals surface area contributed by atoms with E-state index >= 15 is 0 Å². The van der Waals surface area contributed by atoms with E-state index in [0.29, 0.717) is 32.2 Å². The number of ether oxygens (including phenoxy) is 1. The first-order valence-corrected chi connectivity index (χ1v) is 13.5. The van der Waals surface area contributed by atoms with E-state index in [-0.39, 0.29) is 35.7 Å². The minimum Gasteiger partial charge on any atom is -0.393 e. The number of methoxy groups -OCH3 is 1. The van der Waals surface area contributed by atoms with Gasteiger partial charge >= 0.3 is 6.03 Å². The molecule has 3 aliphatic rings. The third-order valence-corrected chi connectivity index (χ3v) is 8.90. The number of nitrogens with one attached hydrogen (secondary N) is 1. The fraction of sp³-hybridized carbons (Fsp3) is 0.714. The summed E-state index contributed by atoms with van der Waals surface area (Å²) in [6.07, 6.45) is 6.75. The van der Waals surface area contributed by atoms with Crippen LogP contribution >= 0.6 is 0 Å². The highest BCUT2D eigenvalue weighted by atomic mass is 16.5. The third kappa shape index (κ3) is 5.55. The lowest BCUT2D eigenvalue weighted by molar-refractivity contribution is -0.121. The molecular weight excluding hydrogens is 456 g/mol. The third-order valence-electron chi connectivity index (χ3n) is 8.90. The van der Waals surface area contributed by atoms with Crippen LogP contribution in [0, 0.1) is 5.92 Å². The SMILES string of the molecule is COCCCN1C(=O)N(CC(=O)NC[C@H]2CC[C@@H](O)C2)CC12CCC(c1ccccc1)(N(C)C)CC2. The minimum atomic E-state index is -0.255. The molecule has 1 aromatic rings. The molecule has 8 nitrogen and oxygen atoms in total. The molecule has 0 bridgehead atoms. The van der Waals surface area contributed by atoms with Gasteiger partial charge in [0.2, 0.25) is 5.91 Å². The van der Waals surface area contributed by atoms with Crippen molar-refractivity contribution in [2.24, 2.45) is 5.92 Å². The van der Waals surface area contributed by atoms with Crippen molar-refractivity contribution in [2.45, 2.75) is 68.5 Å². The number of aliphatic hydroxyl groups is 1. The molecule has 1 aromatic carbocycles. The molecule has 2 aliphatic carbocycles. The number of amides is 3. The van der Waals surface area contributed by atoms with E-state index in [1.165, 1.54) is 5.56 Å². The van der Waals surface area contributed by atoms with Crippen LogP contribution in [0.4, 0.5) is 4.79 Å². The van der Waals surface area contributed by atoms with E-state index in [2.05, 4.69) is 54.6 Å². The van der Waals surface area contributed by atoms with Crippen LogP contribution in [0.15, 0.2) is 30.3 Å². The zero-order valence-corrected chi connectivity index (χ0v) is 22.2. The van der Waals surface area contributed by atoms with Gasteiger partial charge < -0.3 is 25.0 Å². The van der Waals surface area contributed by atoms with Crippen LogP contribution in [0.25, 0.3) is 0 Å². The fourth-order valence-corrected chi connectivity index (χ4v) is 6.73. The average Bonchev–Trinajstić information content (AvgIpc) is 3.40. The van der Waals surface area contributed by atoms with E-state index in [0.717, 1.165) is 51.4 Å². The van der Waals surface area contributed by atoms with Crippen LogP contribution in [0.3, 0.4) is 0 Å². The standard InChI is InChI=1S/C28H44N4O4/c1-30(2)28(23-8-5-4-6-9-23)14-12-27(13-15-28)21-31(26(35)32(27)16-7-17-36-3)20-25(34)29-19-22-10-11-24(33)18-22/h4-6,8-9,22,24,33H,7,10-21H2,1-3H3,(H,29,34)/t22-,24+,27?,28?/m0/s1. The molecule has 1 saturated heterocycles. The Kier molecular flexibility index (Phi) is 8.58. The van der Waals surface area contributed by atoms with Gasteiger partial charge in [0.05, 0.1) is 11.6 Å². The van der Waals surface area contributed by atoms with Gasteiger partial charge in [-0.05, 0) is 76.9 Å². The quantitative estimate of drug-likeness (QED) is 0.483. The number of rotatable bonds is 10. The number of hydrogen-bond donors (Lipinski definition) is 2. The number of aliphatic hydroxyl groups excluding tert-OH is 1. The van der Waals surface area contributed by atoms with Crippen LogP contribution in [0.5, 0.6) is 0 Å². The predicted molar refractivity (Wildman–Crippen MR) is 140 cm³/mol. The fourth-order valence-electron chi connectivity index (χ4n) is 6.73. The Bertz CT molecular complexity index is 885. The summed E-state index contributed by atoms with van der Waals surface area (Å²) < 4.78 is 5.27. The summed E-state index contributed by atoms with van der Waals surface area (Å²) in [6.45, 7) is 2.51. The molecule has 2 N–H and O–H groups in total. The topological polar surface area (TPSA) is 85.3 Å². The van der Waals surface area contributed by atoms with Crippen molar-refractivity contribution in [3.8, 4) is 0 Å². The van der Waals surface area contributed by atoms with Gasteiger partial charge in [-0.2, -0.15) is 0 Å². The maximum absolute atomic E-state index is 13.6. The molecule has 2 atom stereocenters. The van der Waals surface area contributed by atoms with Crippen molar-refractivity contribution < 1.29 is 19.4 Å². The van der Waals surface area contributed by atoms with E-state index in [1.807, 2.05) is 4.90 Å². The van der Waals surface area contributed by atoms with E-state index < -0.39 is 0 Å². The first kappa shape index (κ1) is 26.9. The van der Waals surface area contributed by atoms with Crippen molar-refractivity contribution in [1.29, 1.82) is 0 Å². The second-order valence-corrected chi connectivity index (χ2v) is 11.3. The molecule has 0 aromatic heterocycles. The summed E-state index contributed by atoms with van der Waals surface area (Å²) in [5, 5.41) is 12.8. The minimum absolute atomic E-state index is 0.0328. The normalized spacial score (nSPS) is 30.5. The largest absolute Gasteiger partial charge is 0.393 e. The van der Waals surface area contributed by atoms with Crippen LogP contribution < -0.4 is 5.32 Å². The molecule has 36 heavy (non-hydrogen) atoms. The lowest BCUT2D eigenvalue weighted by atomic mass is 9.68. The molecule has 0 radical (unpaired) electrons. The number of carbonyl (C=O) groups excluding carboxylic acids is 2. The molecule has 1 heterocycles. The molecule has 4 rings (SSSR count). The monoisotopic (exact) mass is 500 g/mol. The maximum Gasteiger partial charge on any atom is 0.321 e. The molecule has 1 spiro atoms. The lowest BCUT2D eigenvalue weighted by Crippen LogP contribution is -2.55. The van der Waals surface area contributed by atoms with Crippen LogP contribution in [0.2, 0.25) is 0 Å². The Morgan fingerprint density at radius 1 is 1.17 bits per heavy atom. The van der Waals surface area contributed by atoms with Crippen molar-refractivity contribution in [1.82, 2.24) is 20.0 Å². The van der Waals surface area contributed by atoms with Crippen molar-refractivity contribution >= 4 is 11.9 Å². The Morgan fingerprint density at radius 2 is 1.89 bits per heavy atom. The van der Waals surface area contributed by atoms with Gasteiger partial charge in [0.15, 0.2) is 0 Å². The molecule has 1 aliphatic heterocycles. The van der Waals surface area contributed by atoms with Crippen LogP contribution in [0.1, 0.15) is 56.9 Å². The van der Waals surface area contributed by atoms with E-state index in [4.69, 9.17) is 4.74 Å². The van der Waals surface area contributed by atoms with Gasteiger partial charge in [-0.1, -0.05) is 30.3 Å². The molecule has 200 valence electrons. The molecule has 0 unspecified atom stereocenters. The zero-order chi connectivity index (χ0) is 25.8. The first-order valence-electron chi connectivity index (χ1n) is 13.5. The molecule has 2 saturated carbocycles. The van der Waals surface area contributed by atoms with Gasteiger partial charge in [-0.15, -0.1) is 0 Å². The molecular formula is C28H44N4O4. The molecule has 3 amide bonds. The summed E-state index contributed by atoms with van der Waals surface area (Å²) in [7, 11) is 6.00. The summed E-state index contributed by atoms with van der Waals surface area (Å²) in [6, 6.07) is 10.7. The molecule has 8 heteroatoms. The van der Waals surface area contributed by atoms with Crippen molar-refractivity contribution in [2.75, 3.05) is 54.0 Å². The number of urea groups is 1. The predicted octanol–water partition coefficient (Wildman–Crippen LogP) is 2.81. The number of hydrogen-bond acceptors (Lipinski definition) is 5. The Labute approximate surface area is 216 Å². The second-order valence-electron chi connectivity index (χ2n) is 11.3. The van der Waals surface area contributed by atoms with Gasteiger partial charge in [0.25, 0.3) is 0 Å². The lowest BCUT2D eigenvalue weighted by Gasteiger charge is -2.51. The number of carbonyl (C=O) groups is 2. The van der Waals surface area contributed by atoms with Crippen molar-refractivity contribution in [3.05, 3.63) is 35.9 Å². The number of benzene rings is 1. The van der Waals surface area contributed by atoms with Crippen LogP contribution in [-0.2, 0) is 15.1 Å². The Morgan fingerprint density at radius 3 is 2.50 bits per heavy atom. The highest BCUT2D eigenvalue weighted by Crippen LogP contribution is 2.48. The smallest absolute Gasteiger partial charge is 0.321 e. The zero-order valence-electron chi connectivity index (χ0n) is 22.2.